The number of rotatable bonds is 3. The van der Waals surface area contributed by atoms with Gasteiger partial charge in [-0.2, -0.15) is 5.26 Å². The van der Waals surface area contributed by atoms with Gasteiger partial charge in [-0.15, -0.1) is 11.3 Å². The number of nitrogen functional groups attached to an aromatic ring is 1. The van der Waals surface area contributed by atoms with Crippen LogP contribution in [0.15, 0.2) is 0 Å². The van der Waals surface area contributed by atoms with Gasteiger partial charge in [0.1, 0.15) is 10.9 Å². The van der Waals surface area contributed by atoms with Crippen molar-refractivity contribution in [1.29, 1.82) is 5.26 Å². The molecule has 2 aliphatic rings. The van der Waals surface area contributed by atoms with E-state index < -0.39 is 0 Å². The van der Waals surface area contributed by atoms with Crippen LogP contribution >= 0.6 is 11.3 Å². The van der Waals surface area contributed by atoms with E-state index in [-0.39, 0.29) is 0 Å². The Bertz CT molecular complexity index is 522. The summed E-state index contributed by atoms with van der Waals surface area (Å²) in [5, 5.41) is 10.5. The molecule has 1 atom stereocenters. The molecule has 19 heavy (non-hydrogen) atoms. The van der Waals surface area contributed by atoms with Crippen LogP contribution < -0.4 is 10.6 Å². The molecule has 3 rings (SSSR count). The van der Waals surface area contributed by atoms with Crippen molar-refractivity contribution in [1.82, 2.24) is 0 Å². The van der Waals surface area contributed by atoms with Crippen LogP contribution in [0.25, 0.3) is 0 Å². The summed E-state index contributed by atoms with van der Waals surface area (Å²) in [6.07, 6.45) is 3.74. The van der Waals surface area contributed by atoms with Crippen LogP contribution in [0.4, 0.5) is 10.7 Å². The number of thiophene rings is 1. The van der Waals surface area contributed by atoms with E-state index in [9.17, 15) is 5.26 Å². The van der Waals surface area contributed by atoms with E-state index in [1.807, 2.05) is 0 Å². The molecule has 1 unspecified atom stereocenters. The standard InChI is InChI=1S/C15H21N3S/c1-9(2)11-5-6-18(8-11)15-13(10-3-4-10)14(17)12(7-16)19-15/h9-11H,3-6,8,17H2,1-2H3. The van der Waals surface area contributed by atoms with Gasteiger partial charge in [0.25, 0.3) is 0 Å². The number of nitriles is 1. The molecule has 0 amide bonds. The van der Waals surface area contributed by atoms with Crippen LogP contribution in [0.5, 0.6) is 0 Å². The fourth-order valence-corrected chi connectivity index (χ4v) is 4.18. The molecule has 102 valence electrons. The van der Waals surface area contributed by atoms with Gasteiger partial charge in [-0.05, 0) is 37.0 Å². The SMILES string of the molecule is CC(C)C1CCN(c2sc(C#N)c(N)c2C2CC2)C1. The molecule has 1 aliphatic heterocycles. The normalized spacial score (nSPS) is 23.1. The lowest BCUT2D eigenvalue weighted by molar-refractivity contribution is 0.423. The molecule has 0 spiro atoms. The molecule has 2 fully saturated rings. The van der Waals surface area contributed by atoms with Gasteiger partial charge in [-0.25, -0.2) is 0 Å². The second-order valence-electron chi connectivity index (χ2n) is 6.19. The van der Waals surface area contributed by atoms with Gasteiger partial charge in [0.15, 0.2) is 0 Å². The third kappa shape index (κ3) is 2.21. The van der Waals surface area contributed by atoms with Crippen molar-refractivity contribution in [2.75, 3.05) is 23.7 Å². The van der Waals surface area contributed by atoms with E-state index in [0.29, 0.717) is 10.8 Å². The van der Waals surface area contributed by atoms with Crippen molar-refractivity contribution in [3.63, 3.8) is 0 Å². The summed E-state index contributed by atoms with van der Waals surface area (Å²) in [5.74, 6) is 2.13. The summed E-state index contributed by atoms with van der Waals surface area (Å²) in [6, 6.07) is 2.26. The summed E-state index contributed by atoms with van der Waals surface area (Å²) >= 11 is 1.61. The Balaban J connectivity index is 1.91. The molecule has 1 aliphatic carbocycles. The average molecular weight is 275 g/mol. The molecule has 0 aromatic carbocycles. The van der Waals surface area contributed by atoms with E-state index in [0.717, 1.165) is 30.6 Å². The third-order valence-electron chi connectivity index (χ3n) is 4.51. The first-order valence-corrected chi connectivity index (χ1v) is 8.00. The predicted octanol–water partition coefficient (Wildman–Crippen LogP) is 3.56. The van der Waals surface area contributed by atoms with Gasteiger partial charge in [-0.1, -0.05) is 13.8 Å². The highest BCUT2D eigenvalue weighted by molar-refractivity contribution is 7.17. The van der Waals surface area contributed by atoms with E-state index in [1.165, 1.54) is 29.8 Å². The van der Waals surface area contributed by atoms with Crippen molar-refractivity contribution in [2.45, 2.75) is 39.0 Å². The maximum atomic E-state index is 9.20. The zero-order valence-electron chi connectivity index (χ0n) is 11.6. The summed E-state index contributed by atoms with van der Waals surface area (Å²) in [4.78, 5) is 3.19. The molecule has 3 nitrogen and oxygen atoms in total. The first-order chi connectivity index (χ1) is 9.11. The zero-order valence-corrected chi connectivity index (χ0v) is 12.5. The molecule has 0 radical (unpaired) electrons. The fourth-order valence-electron chi connectivity index (χ4n) is 3.04. The Morgan fingerprint density at radius 1 is 1.37 bits per heavy atom. The highest BCUT2D eigenvalue weighted by Gasteiger charge is 2.35. The molecule has 4 heteroatoms. The highest BCUT2D eigenvalue weighted by Crippen LogP contribution is 2.52. The minimum Gasteiger partial charge on any atom is -0.397 e. The van der Waals surface area contributed by atoms with Gasteiger partial charge in [0, 0.05) is 18.7 Å². The zero-order chi connectivity index (χ0) is 13.6. The Hall–Kier alpha value is -1.21. The highest BCUT2D eigenvalue weighted by atomic mass is 32.1. The van der Waals surface area contributed by atoms with Gasteiger partial charge in [0.05, 0.1) is 10.7 Å². The number of hydrogen-bond acceptors (Lipinski definition) is 4. The van der Waals surface area contributed by atoms with E-state index in [4.69, 9.17) is 5.73 Å². The van der Waals surface area contributed by atoms with Crippen molar-refractivity contribution >= 4 is 22.0 Å². The van der Waals surface area contributed by atoms with Crippen molar-refractivity contribution in [2.24, 2.45) is 11.8 Å². The number of nitrogens with two attached hydrogens (primary N) is 1. The Kier molecular flexibility index (Phi) is 3.18. The van der Waals surface area contributed by atoms with Gasteiger partial charge >= 0.3 is 0 Å². The fraction of sp³-hybridized carbons (Fsp3) is 0.667. The van der Waals surface area contributed by atoms with Crippen LogP contribution in [-0.4, -0.2) is 13.1 Å². The molecular formula is C15H21N3S. The Morgan fingerprint density at radius 3 is 2.63 bits per heavy atom. The first-order valence-electron chi connectivity index (χ1n) is 7.19. The molecule has 0 bridgehead atoms. The summed E-state index contributed by atoms with van der Waals surface area (Å²) < 4.78 is 0. The van der Waals surface area contributed by atoms with Crippen LogP contribution in [0, 0.1) is 23.2 Å². The average Bonchev–Trinajstić information content (AvgIpc) is 2.99. The second-order valence-corrected chi connectivity index (χ2v) is 7.19. The molecule has 1 saturated carbocycles. The lowest BCUT2D eigenvalue weighted by Crippen LogP contribution is -2.21. The molecule has 2 N–H and O–H groups in total. The minimum atomic E-state index is 0.617. The lowest BCUT2D eigenvalue weighted by atomic mass is 9.95. The van der Waals surface area contributed by atoms with Crippen molar-refractivity contribution in [3.05, 3.63) is 10.4 Å². The second kappa shape index (κ2) is 4.72. The van der Waals surface area contributed by atoms with Gasteiger partial charge in [-0.3, -0.25) is 0 Å². The van der Waals surface area contributed by atoms with Gasteiger partial charge in [0.2, 0.25) is 0 Å². The maximum absolute atomic E-state index is 9.20. The summed E-state index contributed by atoms with van der Waals surface area (Å²) in [7, 11) is 0. The van der Waals surface area contributed by atoms with E-state index in [2.05, 4.69) is 24.8 Å². The number of hydrogen-bond donors (Lipinski definition) is 1. The lowest BCUT2D eigenvalue weighted by Gasteiger charge is -2.20. The van der Waals surface area contributed by atoms with Crippen LogP contribution in [0.1, 0.15) is 49.5 Å². The third-order valence-corrected chi connectivity index (χ3v) is 5.69. The monoisotopic (exact) mass is 275 g/mol. The first kappa shape index (κ1) is 12.8. The van der Waals surface area contributed by atoms with E-state index in [1.54, 1.807) is 11.3 Å². The van der Waals surface area contributed by atoms with Crippen LogP contribution in [0.3, 0.4) is 0 Å². The van der Waals surface area contributed by atoms with Crippen LogP contribution in [-0.2, 0) is 0 Å². The summed E-state index contributed by atoms with van der Waals surface area (Å²) in [5.41, 5.74) is 8.22. The smallest absolute Gasteiger partial charge is 0.130 e. The quantitative estimate of drug-likeness (QED) is 0.917. The Labute approximate surface area is 119 Å². The maximum Gasteiger partial charge on any atom is 0.130 e. The minimum absolute atomic E-state index is 0.617. The van der Waals surface area contributed by atoms with Crippen molar-refractivity contribution in [3.8, 4) is 6.07 Å². The molecular weight excluding hydrogens is 254 g/mol. The Morgan fingerprint density at radius 2 is 2.11 bits per heavy atom. The largest absolute Gasteiger partial charge is 0.397 e. The van der Waals surface area contributed by atoms with Gasteiger partial charge < -0.3 is 10.6 Å². The number of anilines is 2. The molecule has 1 aromatic rings. The van der Waals surface area contributed by atoms with E-state index >= 15 is 0 Å². The molecule has 1 saturated heterocycles. The van der Waals surface area contributed by atoms with Crippen molar-refractivity contribution < 1.29 is 0 Å². The summed E-state index contributed by atoms with van der Waals surface area (Å²) in [6.45, 7) is 6.86. The predicted molar refractivity (Wildman–Crippen MR) is 80.6 cm³/mol. The molecule has 1 aromatic heterocycles. The molecule has 2 heterocycles. The number of nitrogens with zero attached hydrogens (tertiary/aromatic N) is 2. The van der Waals surface area contributed by atoms with Crippen LogP contribution in [0.2, 0.25) is 0 Å². The topological polar surface area (TPSA) is 53.0 Å².